The van der Waals surface area contributed by atoms with E-state index in [2.05, 4.69) is 12.2 Å². The number of carbonyl (C=O) groups is 1. The van der Waals surface area contributed by atoms with Gasteiger partial charge in [-0.2, -0.15) is 0 Å². The van der Waals surface area contributed by atoms with Gasteiger partial charge in [-0.15, -0.1) is 0 Å². The maximum absolute atomic E-state index is 11.6. The smallest absolute Gasteiger partial charge is 0.257 e. The molecule has 1 aromatic carbocycles. The second-order valence-corrected chi connectivity index (χ2v) is 4.50. The molecular formula is C15H23NO3. The highest BCUT2D eigenvalue weighted by molar-refractivity contribution is 5.77. The van der Waals surface area contributed by atoms with Crippen molar-refractivity contribution >= 4 is 5.91 Å². The fourth-order valence-electron chi connectivity index (χ4n) is 1.69. The van der Waals surface area contributed by atoms with E-state index < -0.39 is 0 Å². The Kier molecular flexibility index (Phi) is 6.79. The molecule has 19 heavy (non-hydrogen) atoms. The maximum Gasteiger partial charge on any atom is 0.257 e. The minimum atomic E-state index is -0.0984. The Hall–Kier alpha value is -1.71. The van der Waals surface area contributed by atoms with Crippen LogP contribution in [0.5, 0.6) is 11.5 Å². The van der Waals surface area contributed by atoms with E-state index in [-0.39, 0.29) is 12.5 Å². The largest absolute Gasteiger partial charge is 0.493 e. The average molecular weight is 265 g/mol. The van der Waals surface area contributed by atoms with E-state index in [0.717, 1.165) is 24.8 Å². The third kappa shape index (κ3) is 5.64. The van der Waals surface area contributed by atoms with Gasteiger partial charge in [0.15, 0.2) is 18.1 Å². The number of carbonyl (C=O) groups excluding carboxylic acids is 1. The van der Waals surface area contributed by atoms with Gasteiger partial charge in [0.1, 0.15) is 0 Å². The molecule has 1 rings (SSSR count). The number of aryl methyl sites for hydroxylation is 1. The van der Waals surface area contributed by atoms with Crippen LogP contribution in [0.1, 0.15) is 31.7 Å². The number of benzene rings is 1. The summed E-state index contributed by atoms with van der Waals surface area (Å²) in [6, 6.07) is 5.63. The standard InChI is InChI=1S/C15H23NO3/c1-4-5-6-9-16-15(17)11-19-13-8-7-12(2)10-14(13)18-3/h7-8,10H,4-6,9,11H2,1-3H3,(H,16,17). The summed E-state index contributed by atoms with van der Waals surface area (Å²) in [6.07, 6.45) is 3.29. The molecule has 0 aliphatic heterocycles. The Labute approximate surface area is 115 Å². The Morgan fingerprint density at radius 3 is 2.74 bits per heavy atom. The number of amides is 1. The van der Waals surface area contributed by atoms with E-state index in [9.17, 15) is 4.79 Å². The second-order valence-electron chi connectivity index (χ2n) is 4.50. The second kappa shape index (κ2) is 8.40. The SMILES string of the molecule is CCCCCNC(=O)COc1ccc(C)cc1OC. The molecule has 0 atom stereocenters. The van der Waals surface area contributed by atoms with Gasteiger partial charge < -0.3 is 14.8 Å². The highest BCUT2D eigenvalue weighted by Gasteiger charge is 2.07. The van der Waals surface area contributed by atoms with E-state index in [4.69, 9.17) is 9.47 Å². The highest BCUT2D eigenvalue weighted by atomic mass is 16.5. The Morgan fingerprint density at radius 2 is 2.05 bits per heavy atom. The molecule has 0 aromatic heterocycles. The number of rotatable bonds is 8. The van der Waals surface area contributed by atoms with Crippen molar-refractivity contribution in [1.82, 2.24) is 5.32 Å². The molecule has 1 N–H and O–H groups in total. The molecule has 0 heterocycles. The first kappa shape index (κ1) is 15.3. The summed E-state index contributed by atoms with van der Waals surface area (Å²) < 4.78 is 10.7. The van der Waals surface area contributed by atoms with Crippen LogP contribution < -0.4 is 14.8 Å². The summed E-state index contributed by atoms with van der Waals surface area (Å²) in [7, 11) is 1.59. The molecule has 1 aromatic rings. The highest BCUT2D eigenvalue weighted by Crippen LogP contribution is 2.27. The van der Waals surface area contributed by atoms with Crippen molar-refractivity contribution in [3.8, 4) is 11.5 Å². The molecule has 4 nitrogen and oxygen atoms in total. The first-order chi connectivity index (χ1) is 9.17. The molecule has 0 saturated carbocycles. The predicted octanol–water partition coefficient (Wildman–Crippen LogP) is 2.69. The molecule has 0 radical (unpaired) electrons. The van der Waals surface area contributed by atoms with Crippen LogP contribution in [0.3, 0.4) is 0 Å². The summed E-state index contributed by atoms with van der Waals surface area (Å²) >= 11 is 0. The first-order valence-electron chi connectivity index (χ1n) is 6.71. The van der Waals surface area contributed by atoms with Gasteiger partial charge in [0.2, 0.25) is 0 Å². The molecule has 0 unspecified atom stereocenters. The van der Waals surface area contributed by atoms with Crippen molar-refractivity contribution in [2.24, 2.45) is 0 Å². The van der Waals surface area contributed by atoms with Gasteiger partial charge >= 0.3 is 0 Å². The number of methoxy groups -OCH3 is 1. The lowest BCUT2D eigenvalue weighted by Gasteiger charge is -2.11. The fraction of sp³-hybridized carbons (Fsp3) is 0.533. The molecule has 0 saturated heterocycles. The van der Waals surface area contributed by atoms with Crippen LogP contribution in [-0.4, -0.2) is 26.2 Å². The van der Waals surface area contributed by atoms with Crippen molar-refractivity contribution < 1.29 is 14.3 Å². The zero-order valence-electron chi connectivity index (χ0n) is 12.0. The third-order valence-electron chi connectivity index (χ3n) is 2.78. The van der Waals surface area contributed by atoms with Gasteiger partial charge in [0.25, 0.3) is 5.91 Å². The Morgan fingerprint density at radius 1 is 1.26 bits per heavy atom. The van der Waals surface area contributed by atoms with Crippen LogP contribution in [0.4, 0.5) is 0 Å². The van der Waals surface area contributed by atoms with Crippen molar-refractivity contribution in [2.75, 3.05) is 20.3 Å². The van der Waals surface area contributed by atoms with Crippen LogP contribution in [0, 0.1) is 6.92 Å². The molecule has 0 bridgehead atoms. The van der Waals surface area contributed by atoms with E-state index in [1.54, 1.807) is 7.11 Å². The summed E-state index contributed by atoms with van der Waals surface area (Å²) in [5.41, 5.74) is 1.09. The van der Waals surface area contributed by atoms with Crippen LogP contribution in [0.2, 0.25) is 0 Å². The van der Waals surface area contributed by atoms with Crippen LogP contribution >= 0.6 is 0 Å². The van der Waals surface area contributed by atoms with Gasteiger partial charge in [-0.3, -0.25) is 4.79 Å². The van der Waals surface area contributed by atoms with Crippen molar-refractivity contribution in [3.05, 3.63) is 23.8 Å². The minimum Gasteiger partial charge on any atom is -0.493 e. The monoisotopic (exact) mass is 265 g/mol. The van der Waals surface area contributed by atoms with Crippen molar-refractivity contribution in [3.63, 3.8) is 0 Å². The van der Waals surface area contributed by atoms with Gasteiger partial charge in [-0.1, -0.05) is 25.8 Å². The summed E-state index contributed by atoms with van der Waals surface area (Å²) in [4.78, 5) is 11.6. The average Bonchev–Trinajstić information content (AvgIpc) is 2.42. The Bertz CT molecular complexity index is 404. The summed E-state index contributed by atoms with van der Waals surface area (Å²) in [6.45, 7) is 4.84. The van der Waals surface area contributed by atoms with Crippen LogP contribution in [0.15, 0.2) is 18.2 Å². The molecular weight excluding hydrogens is 242 g/mol. The number of hydrogen-bond donors (Lipinski definition) is 1. The number of hydrogen-bond acceptors (Lipinski definition) is 3. The minimum absolute atomic E-state index is 0.0194. The van der Waals surface area contributed by atoms with Gasteiger partial charge in [0.05, 0.1) is 7.11 Å². The lowest BCUT2D eigenvalue weighted by molar-refractivity contribution is -0.123. The number of unbranched alkanes of at least 4 members (excludes halogenated alkanes) is 2. The predicted molar refractivity (Wildman–Crippen MR) is 75.8 cm³/mol. The molecule has 0 fully saturated rings. The van der Waals surface area contributed by atoms with E-state index in [1.807, 2.05) is 25.1 Å². The molecule has 106 valence electrons. The van der Waals surface area contributed by atoms with E-state index >= 15 is 0 Å². The van der Waals surface area contributed by atoms with Gasteiger partial charge in [-0.25, -0.2) is 0 Å². The summed E-state index contributed by atoms with van der Waals surface area (Å²) in [5.74, 6) is 1.15. The van der Waals surface area contributed by atoms with Crippen LogP contribution in [-0.2, 0) is 4.79 Å². The zero-order chi connectivity index (χ0) is 14.1. The normalized spacial score (nSPS) is 10.1. The number of nitrogens with one attached hydrogen (secondary N) is 1. The fourth-order valence-corrected chi connectivity index (χ4v) is 1.69. The maximum atomic E-state index is 11.6. The molecule has 0 spiro atoms. The first-order valence-corrected chi connectivity index (χ1v) is 6.71. The molecule has 0 aliphatic carbocycles. The van der Waals surface area contributed by atoms with Crippen molar-refractivity contribution in [1.29, 1.82) is 0 Å². The van der Waals surface area contributed by atoms with Gasteiger partial charge in [-0.05, 0) is 31.0 Å². The quantitative estimate of drug-likeness (QED) is 0.735. The topological polar surface area (TPSA) is 47.6 Å². The number of ether oxygens (including phenoxy) is 2. The third-order valence-corrected chi connectivity index (χ3v) is 2.78. The zero-order valence-corrected chi connectivity index (χ0v) is 12.0. The van der Waals surface area contributed by atoms with Gasteiger partial charge in [0, 0.05) is 6.54 Å². The lowest BCUT2D eigenvalue weighted by Crippen LogP contribution is -2.29. The van der Waals surface area contributed by atoms with E-state index in [0.29, 0.717) is 18.0 Å². The summed E-state index contributed by atoms with van der Waals surface area (Å²) in [5, 5.41) is 2.83. The lowest BCUT2D eigenvalue weighted by atomic mass is 10.2. The van der Waals surface area contributed by atoms with E-state index in [1.165, 1.54) is 0 Å². The van der Waals surface area contributed by atoms with Crippen LogP contribution in [0.25, 0.3) is 0 Å². The molecule has 4 heteroatoms. The molecule has 1 amide bonds. The van der Waals surface area contributed by atoms with Crippen molar-refractivity contribution in [2.45, 2.75) is 33.1 Å². The Balaban J connectivity index is 2.37. The molecule has 0 aliphatic rings.